The molecular formula is C25H27N3O5S. The molecule has 0 aliphatic carbocycles. The average molecular weight is 482 g/mol. The van der Waals surface area contributed by atoms with Crippen LogP contribution in [0.15, 0.2) is 71.6 Å². The summed E-state index contributed by atoms with van der Waals surface area (Å²) in [5, 5.41) is 9.76. The first kappa shape index (κ1) is 23.4. The highest BCUT2D eigenvalue weighted by Crippen LogP contribution is 2.28. The average Bonchev–Trinajstić information content (AvgIpc) is 2.84. The second-order valence-corrected chi connectivity index (χ2v) is 9.81. The number of sulfonamides is 1. The lowest BCUT2D eigenvalue weighted by atomic mass is 10.1. The van der Waals surface area contributed by atoms with Crippen LogP contribution in [0.3, 0.4) is 0 Å². The van der Waals surface area contributed by atoms with Crippen molar-refractivity contribution in [3.63, 3.8) is 0 Å². The molecule has 0 aromatic heterocycles. The van der Waals surface area contributed by atoms with Crippen molar-refractivity contribution in [3.8, 4) is 5.75 Å². The van der Waals surface area contributed by atoms with Crippen LogP contribution in [-0.4, -0.2) is 52.8 Å². The van der Waals surface area contributed by atoms with Gasteiger partial charge in [0, 0.05) is 37.6 Å². The lowest BCUT2D eigenvalue weighted by Gasteiger charge is -2.37. The van der Waals surface area contributed by atoms with E-state index in [9.17, 15) is 18.3 Å². The zero-order valence-corrected chi connectivity index (χ0v) is 19.9. The van der Waals surface area contributed by atoms with Crippen LogP contribution in [0.2, 0.25) is 0 Å². The Morgan fingerprint density at radius 3 is 2.09 bits per heavy atom. The number of carboxylic acids is 1. The smallest absolute Gasteiger partial charge is 0.337 e. The van der Waals surface area contributed by atoms with E-state index in [0.29, 0.717) is 5.75 Å². The number of benzene rings is 3. The molecule has 3 aromatic rings. The number of carboxylic acid groups (broad SMARTS) is 1. The number of nitrogens with one attached hydrogen (secondary N) is 1. The molecule has 178 valence electrons. The van der Waals surface area contributed by atoms with E-state index in [0.717, 1.165) is 31.9 Å². The van der Waals surface area contributed by atoms with Crippen molar-refractivity contribution in [2.75, 3.05) is 47.8 Å². The van der Waals surface area contributed by atoms with Gasteiger partial charge < -0.3 is 19.6 Å². The summed E-state index contributed by atoms with van der Waals surface area (Å²) in [4.78, 5) is 16.4. The Bertz CT molecular complexity index is 1280. The Labute approximate surface area is 199 Å². The third-order valence-corrected chi connectivity index (χ3v) is 7.24. The van der Waals surface area contributed by atoms with E-state index >= 15 is 0 Å². The van der Waals surface area contributed by atoms with Crippen molar-refractivity contribution in [3.05, 3.63) is 77.9 Å². The second-order valence-electron chi connectivity index (χ2n) is 8.13. The van der Waals surface area contributed by atoms with Crippen molar-refractivity contribution < 1.29 is 23.1 Å². The topological polar surface area (TPSA) is 99.2 Å². The third-order valence-electron chi connectivity index (χ3n) is 5.86. The SMILES string of the molecule is COc1ccc(S(=O)(=O)Nc2ccc(N3CCN(c4cccc(C)c4)CC3)cc2C(=O)O)cc1. The number of aromatic carboxylic acids is 1. The molecule has 9 heteroatoms. The summed E-state index contributed by atoms with van der Waals surface area (Å²) < 4.78 is 33.1. The number of nitrogens with zero attached hydrogens (tertiary/aromatic N) is 2. The minimum Gasteiger partial charge on any atom is -0.497 e. The summed E-state index contributed by atoms with van der Waals surface area (Å²) in [6.07, 6.45) is 0. The van der Waals surface area contributed by atoms with Crippen LogP contribution in [0.5, 0.6) is 5.75 Å². The largest absolute Gasteiger partial charge is 0.497 e. The molecule has 0 radical (unpaired) electrons. The highest BCUT2D eigenvalue weighted by molar-refractivity contribution is 7.92. The molecule has 8 nitrogen and oxygen atoms in total. The van der Waals surface area contributed by atoms with E-state index in [-0.39, 0.29) is 16.1 Å². The highest BCUT2D eigenvalue weighted by atomic mass is 32.2. The molecule has 34 heavy (non-hydrogen) atoms. The molecule has 0 bridgehead atoms. The first-order valence-electron chi connectivity index (χ1n) is 10.9. The minimum absolute atomic E-state index is 0.0148. The summed E-state index contributed by atoms with van der Waals surface area (Å²) in [6.45, 7) is 5.13. The normalized spacial score (nSPS) is 14.1. The molecule has 0 atom stereocenters. The molecule has 0 amide bonds. The second kappa shape index (κ2) is 9.64. The Kier molecular flexibility index (Phi) is 6.65. The van der Waals surface area contributed by atoms with E-state index in [1.165, 1.54) is 54.8 Å². The van der Waals surface area contributed by atoms with Gasteiger partial charge in [0.15, 0.2) is 0 Å². The summed E-state index contributed by atoms with van der Waals surface area (Å²) >= 11 is 0. The van der Waals surface area contributed by atoms with Gasteiger partial charge in [-0.05, 0) is 67.1 Å². The monoisotopic (exact) mass is 481 g/mol. The van der Waals surface area contributed by atoms with Gasteiger partial charge in [-0.1, -0.05) is 12.1 Å². The number of methoxy groups -OCH3 is 1. The van der Waals surface area contributed by atoms with Gasteiger partial charge in [0.2, 0.25) is 0 Å². The van der Waals surface area contributed by atoms with E-state index in [1.54, 1.807) is 6.07 Å². The zero-order chi connectivity index (χ0) is 24.3. The zero-order valence-electron chi connectivity index (χ0n) is 19.1. The van der Waals surface area contributed by atoms with E-state index in [1.807, 2.05) is 6.07 Å². The number of ether oxygens (including phenoxy) is 1. The van der Waals surface area contributed by atoms with Gasteiger partial charge in [0.1, 0.15) is 5.75 Å². The molecule has 0 spiro atoms. The maximum atomic E-state index is 12.8. The molecule has 1 saturated heterocycles. The number of rotatable bonds is 7. The van der Waals surface area contributed by atoms with Crippen molar-refractivity contribution in [1.29, 1.82) is 0 Å². The molecule has 0 unspecified atom stereocenters. The van der Waals surface area contributed by atoms with Crippen LogP contribution in [-0.2, 0) is 10.0 Å². The number of hydrogen-bond donors (Lipinski definition) is 2. The number of aryl methyl sites for hydroxylation is 1. The van der Waals surface area contributed by atoms with E-state index in [4.69, 9.17) is 4.74 Å². The number of hydrogen-bond acceptors (Lipinski definition) is 6. The molecular weight excluding hydrogens is 454 g/mol. The third kappa shape index (κ3) is 5.09. The Morgan fingerprint density at radius 1 is 0.912 bits per heavy atom. The van der Waals surface area contributed by atoms with Crippen molar-refractivity contribution in [1.82, 2.24) is 0 Å². The fourth-order valence-corrected chi connectivity index (χ4v) is 5.08. The highest BCUT2D eigenvalue weighted by Gasteiger charge is 2.22. The van der Waals surface area contributed by atoms with Gasteiger partial charge in [-0.3, -0.25) is 4.72 Å². The predicted octanol–water partition coefficient (Wildman–Crippen LogP) is 3.83. The number of carbonyl (C=O) groups is 1. The maximum Gasteiger partial charge on any atom is 0.337 e. The molecule has 2 N–H and O–H groups in total. The fourth-order valence-electron chi connectivity index (χ4n) is 4.00. The molecule has 1 fully saturated rings. The summed E-state index contributed by atoms with van der Waals surface area (Å²) in [6, 6.07) is 19.0. The standard InChI is InChI=1S/C25H27N3O5S/c1-18-4-3-5-19(16-18)27-12-14-28(15-13-27)20-6-11-24(23(17-20)25(29)30)26-34(31,32)22-9-7-21(33-2)8-10-22/h3-11,16-17,26H,12-15H2,1-2H3,(H,29,30). The Hall–Kier alpha value is -3.72. The lowest BCUT2D eigenvalue weighted by Crippen LogP contribution is -2.46. The summed E-state index contributed by atoms with van der Waals surface area (Å²) in [7, 11) is -2.47. The molecule has 4 rings (SSSR count). The first-order chi connectivity index (χ1) is 16.3. The summed E-state index contributed by atoms with van der Waals surface area (Å²) in [5.41, 5.74) is 3.04. The van der Waals surface area contributed by atoms with Crippen LogP contribution >= 0.6 is 0 Å². The van der Waals surface area contributed by atoms with Gasteiger partial charge >= 0.3 is 5.97 Å². The lowest BCUT2D eigenvalue weighted by molar-refractivity contribution is 0.0698. The molecule has 3 aromatic carbocycles. The van der Waals surface area contributed by atoms with Crippen molar-refractivity contribution in [2.24, 2.45) is 0 Å². The predicted molar refractivity (Wildman–Crippen MR) is 133 cm³/mol. The summed E-state index contributed by atoms with van der Waals surface area (Å²) in [5.74, 6) is -0.676. The van der Waals surface area contributed by atoms with Crippen molar-refractivity contribution >= 4 is 33.1 Å². The minimum atomic E-state index is -3.96. The quantitative estimate of drug-likeness (QED) is 0.529. The fraction of sp³-hybridized carbons (Fsp3) is 0.240. The van der Waals surface area contributed by atoms with Crippen LogP contribution in [0.25, 0.3) is 0 Å². The molecule has 0 saturated carbocycles. The molecule has 1 aliphatic rings. The maximum absolute atomic E-state index is 12.8. The first-order valence-corrected chi connectivity index (χ1v) is 12.4. The van der Waals surface area contributed by atoms with Crippen LogP contribution in [0.1, 0.15) is 15.9 Å². The Balaban J connectivity index is 1.51. The van der Waals surface area contributed by atoms with Crippen LogP contribution in [0.4, 0.5) is 17.1 Å². The number of piperazine rings is 1. The number of anilines is 3. The van der Waals surface area contributed by atoms with E-state index < -0.39 is 16.0 Å². The molecule has 1 heterocycles. The van der Waals surface area contributed by atoms with Crippen LogP contribution < -0.4 is 19.3 Å². The van der Waals surface area contributed by atoms with Gasteiger partial charge in [0.05, 0.1) is 23.3 Å². The van der Waals surface area contributed by atoms with Crippen LogP contribution in [0, 0.1) is 6.92 Å². The Morgan fingerprint density at radius 2 is 1.53 bits per heavy atom. The van der Waals surface area contributed by atoms with Gasteiger partial charge in [0.25, 0.3) is 10.0 Å². The van der Waals surface area contributed by atoms with Gasteiger partial charge in [-0.2, -0.15) is 0 Å². The van der Waals surface area contributed by atoms with Gasteiger partial charge in [-0.25, -0.2) is 13.2 Å². The van der Waals surface area contributed by atoms with Crippen molar-refractivity contribution in [2.45, 2.75) is 11.8 Å². The van der Waals surface area contributed by atoms with E-state index in [2.05, 4.69) is 39.6 Å². The molecule has 1 aliphatic heterocycles. The van der Waals surface area contributed by atoms with Gasteiger partial charge in [-0.15, -0.1) is 0 Å².